The summed E-state index contributed by atoms with van der Waals surface area (Å²) in [7, 11) is -34.7. The third-order valence-electron chi connectivity index (χ3n) is 11.4. The molecule has 0 unspecified atom stereocenters. The second-order valence-electron chi connectivity index (χ2n) is 23.1. The van der Waals surface area contributed by atoms with E-state index >= 15 is 0 Å². The van der Waals surface area contributed by atoms with Crippen LogP contribution in [0.4, 0.5) is 84.4 Å². The first-order valence-corrected chi connectivity index (χ1v) is 53.7. The van der Waals surface area contributed by atoms with Crippen molar-refractivity contribution in [1.82, 2.24) is 4.72 Å². The molecule has 0 bridgehead atoms. The van der Waals surface area contributed by atoms with Crippen molar-refractivity contribution in [1.29, 1.82) is 0 Å². The molecular weight excluding hydrogens is 2060 g/mol. The SMILES string of the molecule is C1CCOC1.CC[N+](=O)[O-].CS(=O)(=O)Cl.CS(=O)(=O)Cl.CS(=O)(=O)Nc1ccc(N)c(S(N)(=O)=O)c1.CS(=O)(=O)Nc1ccc(N)c(S(N)(=O)=O)c1.CS(=O)(=O)Nc1ccc(N)cc1.CS(=O)(=O)Nc1ccc([N+](=O)[O-])cc1.CS(=O)(=O)Nc1ccc2c(c1)S(=O)(=O)NC(=O)N2.Nc1ccc(N)c(S(N)(=O)=O)c1.Nc1ccc([N+](=O)[O-])cc1.O=S(=O)(O)O.[CH3-].[Pd]. The van der Waals surface area contributed by atoms with E-state index in [9.17, 15) is 128 Å². The Hall–Kier alpha value is -9.79. The van der Waals surface area contributed by atoms with Gasteiger partial charge in [0, 0.05) is 137 Å². The van der Waals surface area contributed by atoms with Crippen LogP contribution in [-0.2, 0) is 144 Å². The summed E-state index contributed by atoms with van der Waals surface area (Å²) in [6.45, 7) is 3.53. The molecule has 68 heteroatoms. The van der Waals surface area contributed by atoms with Gasteiger partial charge >= 0.3 is 16.4 Å². The van der Waals surface area contributed by atoms with E-state index in [1.165, 1.54) is 123 Å². The average molecular weight is 2150 g/mol. The van der Waals surface area contributed by atoms with Crippen molar-refractivity contribution in [2.45, 2.75) is 39.3 Å². The summed E-state index contributed by atoms with van der Waals surface area (Å²) in [5.41, 5.74) is 34.9. The third kappa shape index (κ3) is 68.2. The van der Waals surface area contributed by atoms with E-state index in [0.29, 0.717) is 28.4 Å². The fourth-order valence-electron chi connectivity index (χ4n) is 7.10. The van der Waals surface area contributed by atoms with Gasteiger partial charge in [-0.25, -0.2) is 118 Å². The summed E-state index contributed by atoms with van der Waals surface area (Å²) >= 11 is 0. The van der Waals surface area contributed by atoms with Crippen LogP contribution in [0.1, 0.15) is 19.8 Å². The average Bonchev–Trinajstić information content (AvgIpc) is 0.964. The predicted octanol–water partition coefficient (Wildman–Crippen LogP) is 1.98. The number of nitro groups is 3. The van der Waals surface area contributed by atoms with E-state index < -0.39 is 135 Å². The molecule has 0 atom stereocenters. The van der Waals surface area contributed by atoms with Crippen LogP contribution < -0.4 is 83.5 Å². The van der Waals surface area contributed by atoms with E-state index in [4.69, 9.17) is 72.1 Å². The molecule has 1 fully saturated rings. The number of halogens is 2. The first kappa shape index (κ1) is 124. The predicted molar refractivity (Wildman–Crippen MR) is 470 cm³/mol. The van der Waals surface area contributed by atoms with E-state index in [0.717, 1.165) is 75.2 Å². The Labute approximate surface area is 744 Å². The Morgan fingerprint density at radius 3 is 0.912 bits per heavy atom. The second-order valence-corrected chi connectivity index (χ2v) is 45.1. The summed E-state index contributed by atoms with van der Waals surface area (Å²) in [5, 5.41) is 46.5. The minimum atomic E-state index is -4.67. The van der Waals surface area contributed by atoms with Gasteiger partial charge in [-0.15, -0.1) is 0 Å². The molecule has 2 heterocycles. The van der Waals surface area contributed by atoms with Crippen LogP contribution in [0.5, 0.6) is 0 Å². The quantitative estimate of drug-likeness (QED) is 0.0125. The molecule has 53 nitrogen and oxygen atoms in total. The number of hydrogen-bond acceptors (Lipinski definition) is 38. The number of nitrogen functional groups attached to an aromatic ring is 6. The van der Waals surface area contributed by atoms with Crippen LogP contribution in [0, 0.1) is 37.8 Å². The number of urea groups is 1. The number of anilines is 12. The van der Waals surface area contributed by atoms with Gasteiger partial charge in [-0.05, 0) is 134 Å². The number of nitrogens with zero attached hydrogens (tertiary/aromatic N) is 3. The number of carbonyl (C=O) groups excluding carboxylic acids is 1. The molecule has 0 radical (unpaired) electrons. The van der Waals surface area contributed by atoms with E-state index in [2.05, 4.69) is 50.3 Å². The Morgan fingerprint density at radius 2 is 0.656 bits per heavy atom. The molecule has 7 aromatic carbocycles. The number of benzene rings is 7. The first-order valence-electron chi connectivity index (χ1n) is 31.3. The van der Waals surface area contributed by atoms with Crippen molar-refractivity contribution in [3.8, 4) is 0 Å². The molecule has 0 aliphatic carbocycles. The van der Waals surface area contributed by atoms with Crippen LogP contribution in [0.2, 0.25) is 0 Å². The molecule has 27 N–H and O–H groups in total. The number of amides is 2. The zero-order chi connectivity index (χ0) is 96.9. The van der Waals surface area contributed by atoms with Crippen LogP contribution >= 0.6 is 21.4 Å². The van der Waals surface area contributed by atoms with Crippen molar-refractivity contribution in [3.05, 3.63) is 183 Å². The number of carbonyl (C=O) groups is 1. The Kier molecular flexibility index (Phi) is 53.1. The molecule has 2 amide bonds. The van der Waals surface area contributed by atoms with E-state index in [1.807, 2.05) is 0 Å². The first-order chi connectivity index (χ1) is 55.1. The van der Waals surface area contributed by atoms with Crippen molar-refractivity contribution in [3.63, 3.8) is 0 Å². The number of rotatable bonds is 16. The van der Waals surface area contributed by atoms with Gasteiger partial charge < -0.3 is 51.9 Å². The van der Waals surface area contributed by atoms with Gasteiger partial charge in [0.1, 0.15) is 19.6 Å². The fourth-order valence-corrected chi connectivity index (χ4v) is 13.1. The summed E-state index contributed by atoms with van der Waals surface area (Å²) in [6, 6.07) is 31.7. The molecule has 712 valence electrons. The number of ether oxygens (including phenoxy) is 1. The molecule has 2 aliphatic rings. The number of primary sulfonamides is 3. The van der Waals surface area contributed by atoms with Crippen LogP contribution in [0.25, 0.3) is 0 Å². The summed E-state index contributed by atoms with van der Waals surface area (Å²) in [4.78, 5) is 38.2. The molecule has 125 heavy (non-hydrogen) atoms. The van der Waals surface area contributed by atoms with Crippen LogP contribution in [0.3, 0.4) is 0 Å². The monoisotopic (exact) mass is 2140 g/mol. The third-order valence-corrected chi connectivity index (χ3v) is 18.7. The fraction of sp³-hybridized carbons (Fsp3) is 0.228. The van der Waals surface area contributed by atoms with Gasteiger partial charge in [0.05, 0.1) is 76.4 Å². The molecule has 1 saturated heterocycles. The maximum atomic E-state index is 11.7. The Morgan fingerprint density at radius 1 is 0.424 bits per heavy atom. The Balaban J connectivity index is -0.000000429. The van der Waals surface area contributed by atoms with Crippen molar-refractivity contribution in [2.24, 2.45) is 15.4 Å². The van der Waals surface area contributed by atoms with E-state index in [-0.39, 0.29) is 110 Å². The number of fused-ring (bicyclic) bond motifs is 1. The topological polar surface area (TPSA) is 924 Å². The molecule has 2 aliphatic heterocycles. The van der Waals surface area contributed by atoms with Gasteiger partial charge in [0.15, 0.2) is 0 Å². The normalized spacial score (nSPS) is 12.4. The smallest absolute Gasteiger partial charge is 0.394 e. The molecular formula is C57H88Cl2N19O34PdS12-. The largest absolute Gasteiger partial charge is 0.399 e. The Bertz CT molecular complexity index is 6060. The van der Waals surface area contributed by atoms with Gasteiger partial charge in [0.2, 0.25) is 105 Å². The van der Waals surface area contributed by atoms with Crippen LogP contribution in [0.15, 0.2) is 165 Å². The van der Waals surface area contributed by atoms with Gasteiger partial charge in [-0.2, -0.15) is 8.42 Å². The molecule has 9 rings (SSSR count). The zero-order valence-corrected chi connectivity index (χ0v) is 78.7. The molecule has 0 spiro atoms. The van der Waals surface area contributed by atoms with Crippen molar-refractivity contribution in [2.75, 3.05) is 127 Å². The van der Waals surface area contributed by atoms with Crippen LogP contribution in [-0.4, -0.2) is 194 Å². The zero-order valence-electron chi connectivity index (χ0n) is 65.9. The number of nitrogens with one attached hydrogen (secondary N) is 7. The maximum Gasteiger partial charge on any atom is 0.394 e. The van der Waals surface area contributed by atoms with E-state index in [1.54, 1.807) is 29.0 Å². The number of hydrogen-bond donors (Lipinski definition) is 18. The maximum absolute atomic E-state index is 11.7. The standard InChI is InChI=1S/C8H9N3O5S2.2C7H11N3O4S2.C7H8N2O4S.C7H10N2O2S.C6H9N3O2S.C6H6N2O2.C4H8O.C2H5NO2.2CH3ClO2S.CH3.H2O4S.Pd/c1-17(13,14)10-5-2-3-6-7(4-5)18(15,16)11-8(12)9-6;2*1-15(11,12)10-5-2-3-6(8)7(4-5)16(9,13)14;1-14(12,13)8-6-2-4-7(5-3-6)9(10)11;1-12(10,11)9-7-4-2-6(8)3-5-7;7-4-1-2-5(8)6(3-4)12(9,10)11;7-5-1-3-6(4-2-5)8(9)10;1-2-4-5-3-1;1-2-3(4)5;2*1-5(2,3)4;;1-5(2,3)4;/h2-4,10H,1H3,(H2,9,11,12);2*2-4,10H,8H2,1H3,(H2,9,13,14);2-5,8H,1H3;2-5,9H,8H2,1H3;1-3H,7-8H2,(H2,9,10,11);1-4H,7H2;1-4H2;2H2,1H3;2*1H3;1H3;(H2,1,2,3,4);/q;;;;;;;;;;;-1;;. The minimum absolute atomic E-state index is 0. The summed E-state index contributed by atoms with van der Waals surface area (Å²) in [5.74, 6) is 0. The molecule has 0 aromatic heterocycles. The van der Waals surface area contributed by atoms with Crippen molar-refractivity contribution >= 4 is 226 Å². The van der Waals surface area contributed by atoms with Crippen molar-refractivity contribution < 1.29 is 155 Å². The minimum Gasteiger partial charge on any atom is -0.399 e. The summed E-state index contributed by atoms with van der Waals surface area (Å²) < 4.78 is 285. The number of sulfonamides is 9. The number of non-ortho nitro benzene ring substituents is 2. The molecule has 0 saturated carbocycles. The molecule has 7 aromatic rings. The number of nitro benzene ring substituents is 2. The number of nitrogens with two attached hydrogens (primary N) is 9. The summed E-state index contributed by atoms with van der Waals surface area (Å²) in [6.07, 6.45) is 9.35. The second kappa shape index (κ2) is 53.6. The van der Waals surface area contributed by atoms with Gasteiger partial charge in [0.25, 0.3) is 21.4 Å². The van der Waals surface area contributed by atoms with Gasteiger partial charge in [-0.1, -0.05) is 0 Å². The van der Waals surface area contributed by atoms with Gasteiger partial charge in [-0.3, -0.25) is 63.1 Å².